The Bertz CT molecular complexity index is 773. The van der Waals surface area contributed by atoms with Gasteiger partial charge in [0, 0.05) is 38.4 Å². The number of nitrogens with one attached hydrogen (secondary N) is 1. The summed E-state index contributed by atoms with van der Waals surface area (Å²) in [5.41, 5.74) is 1.58. The third-order valence-electron chi connectivity index (χ3n) is 4.24. The van der Waals surface area contributed by atoms with Crippen molar-refractivity contribution in [3.8, 4) is 0 Å². The number of carbonyl (C=O) groups is 1. The molecular weight excluding hydrogens is 306 g/mol. The monoisotopic (exact) mass is 329 g/mol. The summed E-state index contributed by atoms with van der Waals surface area (Å²) in [6.45, 7) is 0.635. The maximum atomic E-state index is 12.4. The van der Waals surface area contributed by atoms with E-state index < -0.39 is 0 Å². The molecule has 1 aromatic heterocycles. The first kappa shape index (κ1) is 16.3. The predicted octanol–water partition coefficient (Wildman–Crippen LogP) is 1.48. The van der Waals surface area contributed by atoms with Crippen molar-refractivity contribution < 1.29 is 4.79 Å². The van der Waals surface area contributed by atoms with Crippen LogP contribution in [0.25, 0.3) is 0 Å². The van der Waals surface area contributed by atoms with Crippen molar-refractivity contribution in [1.82, 2.24) is 14.3 Å². The van der Waals surface area contributed by atoms with Crippen LogP contribution in [0.4, 0.5) is 11.4 Å². The van der Waals surface area contributed by atoms with Gasteiger partial charge in [0.05, 0.1) is 0 Å². The van der Waals surface area contributed by atoms with Gasteiger partial charge >= 0.3 is 5.69 Å². The summed E-state index contributed by atoms with van der Waals surface area (Å²) in [7, 11) is 3.92. The molecule has 0 spiro atoms. The van der Waals surface area contributed by atoms with Crippen molar-refractivity contribution in [1.29, 1.82) is 0 Å². The third-order valence-corrected chi connectivity index (χ3v) is 4.24. The second-order valence-corrected chi connectivity index (χ2v) is 6.31. The van der Waals surface area contributed by atoms with Crippen LogP contribution in [0.2, 0.25) is 0 Å². The van der Waals surface area contributed by atoms with Gasteiger partial charge in [-0.1, -0.05) is 6.42 Å². The van der Waals surface area contributed by atoms with E-state index in [-0.39, 0.29) is 18.1 Å². The van der Waals surface area contributed by atoms with Crippen LogP contribution < -0.4 is 15.9 Å². The number of rotatable bonds is 4. The van der Waals surface area contributed by atoms with E-state index >= 15 is 0 Å². The highest BCUT2D eigenvalue weighted by Crippen LogP contribution is 2.15. The molecule has 0 saturated heterocycles. The normalized spacial score (nSPS) is 13.9. The number of benzene rings is 1. The lowest BCUT2D eigenvalue weighted by molar-refractivity contribution is -0.117. The summed E-state index contributed by atoms with van der Waals surface area (Å²) in [5, 5.41) is 7.14. The van der Waals surface area contributed by atoms with Crippen molar-refractivity contribution >= 4 is 17.3 Å². The fourth-order valence-electron chi connectivity index (χ4n) is 2.91. The fraction of sp³-hybridized carbons (Fsp3) is 0.471. The minimum Gasteiger partial charge on any atom is -0.378 e. The standard InChI is InChI=1S/C17H23N5O2/c1-20(2)14-9-7-13(8-10-14)18-16(23)12-22-17(24)21-11-5-3-4-6-15(21)19-22/h7-10H,3-6,11-12H2,1-2H3,(H,18,23). The maximum Gasteiger partial charge on any atom is 0.346 e. The number of carbonyl (C=O) groups excluding carboxylic acids is 1. The topological polar surface area (TPSA) is 72.2 Å². The van der Waals surface area contributed by atoms with Crippen LogP contribution in [0, 0.1) is 0 Å². The molecule has 24 heavy (non-hydrogen) atoms. The van der Waals surface area contributed by atoms with Crippen molar-refractivity contribution in [2.24, 2.45) is 0 Å². The van der Waals surface area contributed by atoms with Gasteiger partial charge < -0.3 is 10.2 Å². The van der Waals surface area contributed by atoms with Crippen molar-refractivity contribution in [3.63, 3.8) is 0 Å². The zero-order valence-electron chi connectivity index (χ0n) is 14.2. The van der Waals surface area contributed by atoms with Crippen LogP contribution in [0.3, 0.4) is 0 Å². The average Bonchev–Trinajstić information content (AvgIpc) is 2.73. The van der Waals surface area contributed by atoms with Crippen LogP contribution in [0.1, 0.15) is 25.1 Å². The second kappa shape index (κ2) is 6.90. The summed E-state index contributed by atoms with van der Waals surface area (Å²) < 4.78 is 2.97. The lowest BCUT2D eigenvalue weighted by atomic mass is 10.2. The predicted molar refractivity (Wildman–Crippen MR) is 93.4 cm³/mol. The van der Waals surface area contributed by atoms with Gasteiger partial charge in [0.2, 0.25) is 5.91 Å². The highest BCUT2D eigenvalue weighted by atomic mass is 16.2. The quantitative estimate of drug-likeness (QED) is 0.922. The summed E-state index contributed by atoms with van der Waals surface area (Å²) in [5.74, 6) is 0.545. The highest BCUT2D eigenvalue weighted by Gasteiger charge is 2.17. The van der Waals surface area contributed by atoms with Gasteiger partial charge in [-0.3, -0.25) is 9.36 Å². The first-order valence-electron chi connectivity index (χ1n) is 8.28. The molecule has 0 bridgehead atoms. The number of aryl methyl sites for hydroxylation is 1. The van der Waals surface area contributed by atoms with E-state index in [2.05, 4.69) is 10.4 Å². The highest BCUT2D eigenvalue weighted by molar-refractivity contribution is 5.90. The van der Waals surface area contributed by atoms with Crippen LogP contribution in [-0.2, 0) is 24.3 Å². The van der Waals surface area contributed by atoms with E-state index in [1.165, 1.54) is 4.68 Å². The first-order valence-corrected chi connectivity index (χ1v) is 8.28. The lowest BCUT2D eigenvalue weighted by Gasteiger charge is -2.13. The summed E-state index contributed by atoms with van der Waals surface area (Å²) >= 11 is 0. The Labute approximate surface area is 140 Å². The van der Waals surface area contributed by atoms with E-state index in [9.17, 15) is 9.59 Å². The van der Waals surface area contributed by atoms with Crippen LogP contribution in [0.15, 0.2) is 29.1 Å². The zero-order chi connectivity index (χ0) is 17.1. The minimum atomic E-state index is -0.247. The molecule has 7 nitrogen and oxygen atoms in total. The van der Waals surface area contributed by atoms with E-state index in [1.54, 1.807) is 4.57 Å². The Morgan fingerprint density at radius 1 is 1.21 bits per heavy atom. The SMILES string of the molecule is CN(C)c1ccc(NC(=O)Cn2nc3n(c2=O)CCCCC3)cc1. The Hall–Kier alpha value is -2.57. The van der Waals surface area contributed by atoms with Crippen LogP contribution in [0.5, 0.6) is 0 Å². The number of nitrogens with zero attached hydrogens (tertiary/aromatic N) is 4. The molecule has 1 N–H and O–H groups in total. The molecular formula is C17H23N5O2. The largest absolute Gasteiger partial charge is 0.378 e. The smallest absolute Gasteiger partial charge is 0.346 e. The molecule has 128 valence electrons. The summed E-state index contributed by atoms with van der Waals surface area (Å²) in [6.07, 6.45) is 3.95. The molecule has 7 heteroatoms. The van der Waals surface area contributed by atoms with Gasteiger partial charge in [0.25, 0.3) is 0 Å². The second-order valence-electron chi connectivity index (χ2n) is 6.31. The fourth-order valence-corrected chi connectivity index (χ4v) is 2.91. The van der Waals surface area contributed by atoms with Crippen LogP contribution in [-0.4, -0.2) is 34.4 Å². The van der Waals surface area contributed by atoms with Gasteiger partial charge in [0.15, 0.2) is 0 Å². The molecule has 0 aliphatic carbocycles. The molecule has 1 aliphatic heterocycles. The Morgan fingerprint density at radius 2 is 1.96 bits per heavy atom. The summed E-state index contributed by atoms with van der Waals surface area (Å²) in [4.78, 5) is 26.5. The molecule has 2 aromatic rings. The molecule has 0 fully saturated rings. The Kier molecular flexibility index (Phi) is 4.69. The number of amides is 1. The number of hydrogen-bond acceptors (Lipinski definition) is 4. The number of anilines is 2. The Balaban J connectivity index is 1.68. The first-order chi connectivity index (χ1) is 11.5. The zero-order valence-corrected chi connectivity index (χ0v) is 14.2. The van der Waals surface area contributed by atoms with Crippen molar-refractivity contribution in [3.05, 3.63) is 40.6 Å². The molecule has 1 aliphatic rings. The molecule has 0 unspecified atom stereocenters. The van der Waals surface area contributed by atoms with Gasteiger partial charge in [-0.2, -0.15) is 5.10 Å². The molecule has 2 heterocycles. The van der Waals surface area contributed by atoms with E-state index in [4.69, 9.17) is 0 Å². The van der Waals surface area contributed by atoms with E-state index in [1.807, 2.05) is 43.3 Å². The summed E-state index contributed by atoms with van der Waals surface area (Å²) in [6, 6.07) is 7.55. The maximum absolute atomic E-state index is 12.4. The lowest BCUT2D eigenvalue weighted by Crippen LogP contribution is -2.30. The molecule has 0 radical (unpaired) electrons. The van der Waals surface area contributed by atoms with E-state index in [0.717, 1.165) is 37.2 Å². The minimum absolute atomic E-state index is 0.0612. The number of fused-ring (bicyclic) bond motifs is 1. The van der Waals surface area contributed by atoms with Gasteiger partial charge in [-0.25, -0.2) is 9.48 Å². The third kappa shape index (κ3) is 3.50. The molecule has 0 saturated carbocycles. The van der Waals surface area contributed by atoms with Gasteiger partial charge in [-0.15, -0.1) is 0 Å². The molecule has 1 amide bonds. The van der Waals surface area contributed by atoms with Gasteiger partial charge in [-0.05, 0) is 37.1 Å². The van der Waals surface area contributed by atoms with Gasteiger partial charge in [0.1, 0.15) is 12.4 Å². The van der Waals surface area contributed by atoms with Crippen molar-refractivity contribution in [2.75, 3.05) is 24.3 Å². The number of hydrogen-bond donors (Lipinski definition) is 1. The number of aromatic nitrogens is 3. The average molecular weight is 329 g/mol. The Morgan fingerprint density at radius 3 is 2.67 bits per heavy atom. The molecule has 1 aromatic carbocycles. The molecule has 0 atom stereocenters. The molecule has 3 rings (SSSR count). The van der Waals surface area contributed by atoms with Crippen molar-refractivity contribution in [2.45, 2.75) is 38.8 Å². The van der Waals surface area contributed by atoms with E-state index in [0.29, 0.717) is 12.2 Å². The van der Waals surface area contributed by atoms with Crippen LogP contribution >= 0.6 is 0 Å².